The Kier molecular flexibility index (Phi) is 3.50. The number of amides is 2. The Labute approximate surface area is 104 Å². The predicted octanol–water partition coefficient (Wildman–Crippen LogP) is 0.179. The van der Waals surface area contributed by atoms with E-state index in [9.17, 15) is 9.59 Å². The van der Waals surface area contributed by atoms with Crippen molar-refractivity contribution < 1.29 is 14.7 Å². The molecule has 0 radical (unpaired) electrons. The maximum Gasteiger partial charge on any atom is 0.326 e. The Balaban J connectivity index is 1.89. The van der Waals surface area contributed by atoms with Gasteiger partial charge in [-0.05, 0) is 18.9 Å². The summed E-state index contributed by atoms with van der Waals surface area (Å²) in [6, 6.07) is 0.762. The molecular formula is C11H16N4O3. The predicted molar refractivity (Wildman–Crippen MR) is 62.8 cm³/mol. The summed E-state index contributed by atoms with van der Waals surface area (Å²) < 4.78 is 1.65. The molecule has 98 valence electrons. The van der Waals surface area contributed by atoms with Crippen LogP contribution in [-0.2, 0) is 18.4 Å². The van der Waals surface area contributed by atoms with Crippen molar-refractivity contribution in [2.24, 2.45) is 7.05 Å². The van der Waals surface area contributed by atoms with Crippen molar-refractivity contribution in [1.29, 1.82) is 0 Å². The minimum Gasteiger partial charge on any atom is -0.480 e. The minimum atomic E-state index is -0.944. The first-order chi connectivity index (χ1) is 8.58. The molecule has 2 heterocycles. The highest BCUT2D eigenvalue weighted by molar-refractivity contribution is 5.83. The van der Waals surface area contributed by atoms with Crippen LogP contribution in [0.5, 0.6) is 0 Å². The first kappa shape index (κ1) is 12.4. The van der Waals surface area contributed by atoms with Crippen molar-refractivity contribution >= 4 is 12.0 Å². The molecule has 2 rings (SSSR count). The molecule has 1 aromatic rings. The van der Waals surface area contributed by atoms with Gasteiger partial charge in [0.25, 0.3) is 0 Å². The van der Waals surface area contributed by atoms with E-state index in [1.807, 2.05) is 0 Å². The normalized spacial score (nSPS) is 18.9. The lowest BCUT2D eigenvalue weighted by Gasteiger charge is -2.21. The molecule has 2 N–H and O–H groups in total. The zero-order chi connectivity index (χ0) is 13.1. The summed E-state index contributed by atoms with van der Waals surface area (Å²) in [6.45, 7) is 0.799. The molecule has 7 heteroatoms. The quantitative estimate of drug-likeness (QED) is 0.803. The van der Waals surface area contributed by atoms with Gasteiger partial charge in [0.1, 0.15) is 6.04 Å². The number of hydrogen-bond donors (Lipinski definition) is 2. The fraction of sp³-hybridized carbons (Fsp3) is 0.545. The number of nitrogens with one attached hydrogen (secondary N) is 1. The molecule has 0 bridgehead atoms. The van der Waals surface area contributed by atoms with Crippen LogP contribution < -0.4 is 5.32 Å². The summed E-state index contributed by atoms with van der Waals surface area (Å²) >= 11 is 0. The molecule has 1 fully saturated rings. The molecule has 1 saturated heterocycles. The number of carboxylic acids is 1. The maximum atomic E-state index is 11.9. The monoisotopic (exact) mass is 252 g/mol. The van der Waals surface area contributed by atoms with E-state index in [0.29, 0.717) is 19.5 Å². The molecule has 2 amide bonds. The van der Waals surface area contributed by atoms with Crippen LogP contribution >= 0.6 is 0 Å². The van der Waals surface area contributed by atoms with Crippen LogP contribution in [-0.4, -0.2) is 44.4 Å². The highest BCUT2D eigenvalue weighted by atomic mass is 16.4. The first-order valence-corrected chi connectivity index (χ1v) is 5.83. The number of carbonyl (C=O) groups is 2. The van der Waals surface area contributed by atoms with Gasteiger partial charge in [-0.2, -0.15) is 5.10 Å². The molecule has 0 aromatic carbocycles. The Morgan fingerprint density at radius 3 is 3.00 bits per heavy atom. The van der Waals surface area contributed by atoms with Gasteiger partial charge < -0.3 is 15.3 Å². The largest absolute Gasteiger partial charge is 0.480 e. The lowest BCUT2D eigenvalue weighted by atomic mass is 10.2. The number of carbonyl (C=O) groups excluding carboxylic acids is 1. The third-order valence-electron chi connectivity index (χ3n) is 2.99. The second-order valence-corrected chi connectivity index (χ2v) is 4.33. The third kappa shape index (κ3) is 2.61. The topological polar surface area (TPSA) is 87.5 Å². The molecular weight excluding hydrogens is 236 g/mol. The van der Waals surface area contributed by atoms with Gasteiger partial charge in [-0.15, -0.1) is 0 Å². The van der Waals surface area contributed by atoms with Crippen molar-refractivity contribution in [3.8, 4) is 0 Å². The van der Waals surface area contributed by atoms with E-state index < -0.39 is 12.0 Å². The van der Waals surface area contributed by atoms with E-state index in [-0.39, 0.29) is 6.03 Å². The van der Waals surface area contributed by atoms with Gasteiger partial charge in [-0.3, -0.25) is 4.68 Å². The third-order valence-corrected chi connectivity index (χ3v) is 2.99. The summed E-state index contributed by atoms with van der Waals surface area (Å²) in [4.78, 5) is 24.2. The fourth-order valence-corrected chi connectivity index (χ4v) is 2.09. The highest BCUT2D eigenvalue weighted by Gasteiger charge is 2.33. The lowest BCUT2D eigenvalue weighted by molar-refractivity contribution is -0.141. The molecule has 1 aliphatic heterocycles. The number of urea groups is 1. The Hall–Kier alpha value is -2.05. The number of rotatable bonds is 3. The van der Waals surface area contributed by atoms with Crippen LogP contribution in [0.3, 0.4) is 0 Å². The lowest BCUT2D eigenvalue weighted by Crippen LogP contribution is -2.45. The standard InChI is InChI=1S/C11H16N4O3/c1-14-6-4-8(13-14)7-12-11(18)15-5-2-3-9(15)10(16)17/h4,6,9H,2-3,5,7H2,1H3,(H,12,18)(H,16,17)/t9-/m1/s1. The van der Waals surface area contributed by atoms with Crippen LogP contribution in [0.15, 0.2) is 12.3 Å². The van der Waals surface area contributed by atoms with Crippen molar-refractivity contribution in [3.05, 3.63) is 18.0 Å². The van der Waals surface area contributed by atoms with Gasteiger partial charge >= 0.3 is 12.0 Å². The van der Waals surface area contributed by atoms with Crippen molar-refractivity contribution in [1.82, 2.24) is 20.0 Å². The van der Waals surface area contributed by atoms with Gasteiger partial charge in [0.2, 0.25) is 0 Å². The van der Waals surface area contributed by atoms with Crippen molar-refractivity contribution in [2.75, 3.05) is 6.54 Å². The number of aryl methyl sites for hydroxylation is 1. The Morgan fingerprint density at radius 2 is 2.39 bits per heavy atom. The molecule has 1 atom stereocenters. The molecule has 18 heavy (non-hydrogen) atoms. The minimum absolute atomic E-state index is 0.308. The number of aliphatic carboxylic acids is 1. The number of carboxylic acid groups (broad SMARTS) is 1. The summed E-state index contributed by atoms with van der Waals surface area (Å²) in [5, 5.41) is 15.8. The zero-order valence-corrected chi connectivity index (χ0v) is 10.2. The van der Waals surface area contributed by atoms with Gasteiger partial charge in [0.15, 0.2) is 0 Å². The molecule has 0 unspecified atom stereocenters. The maximum absolute atomic E-state index is 11.9. The van der Waals surface area contributed by atoms with Crippen LogP contribution in [0.1, 0.15) is 18.5 Å². The van der Waals surface area contributed by atoms with Crippen LogP contribution in [0.4, 0.5) is 4.79 Å². The number of likely N-dealkylation sites (tertiary alicyclic amines) is 1. The molecule has 1 aromatic heterocycles. The number of hydrogen-bond acceptors (Lipinski definition) is 3. The van der Waals surface area contributed by atoms with Gasteiger partial charge in [0.05, 0.1) is 12.2 Å². The number of aromatic nitrogens is 2. The van der Waals surface area contributed by atoms with E-state index in [4.69, 9.17) is 5.11 Å². The van der Waals surface area contributed by atoms with E-state index in [1.165, 1.54) is 4.90 Å². The van der Waals surface area contributed by atoms with E-state index >= 15 is 0 Å². The SMILES string of the molecule is Cn1ccc(CNC(=O)N2CCC[C@@H]2C(=O)O)n1. The highest BCUT2D eigenvalue weighted by Crippen LogP contribution is 2.17. The average Bonchev–Trinajstić information content (AvgIpc) is 2.94. The average molecular weight is 252 g/mol. The summed E-state index contributed by atoms with van der Waals surface area (Å²) in [7, 11) is 1.80. The van der Waals surface area contributed by atoms with Crippen LogP contribution in [0.2, 0.25) is 0 Å². The molecule has 0 saturated carbocycles. The van der Waals surface area contributed by atoms with Crippen molar-refractivity contribution in [3.63, 3.8) is 0 Å². The first-order valence-electron chi connectivity index (χ1n) is 5.83. The van der Waals surface area contributed by atoms with E-state index in [2.05, 4.69) is 10.4 Å². The Morgan fingerprint density at radius 1 is 1.61 bits per heavy atom. The number of nitrogens with zero attached hydrogens (tertiary/aromatic N) is 3. The molecule has 1 aliphatic rings. The van der Waals surface area contributed by atoms with Gasteiger partial charge in [-0.25, -0.2) is 9.59 Å². The van der Waals surface area contributed by atoms with Crippen LogP contribution in [0.25, 0.3) is 0 Å². The van der Waals surface area contributed by atoms with Crippen LogP contribution in [0, 0.1) is 0 Å². The molecule has 0 spiro atoms. The summed E-state index contributed by atoms with van der Waals surface area (Å²) in [5.74, 6) is -0.944. The molecule has 0 aliphatic carbocycles. The van der Waals surface area contributed by atoms with Gasteiger partial charge in [0, 0.05) is 19.8 Å². The Bertz CT molecular complexity index is 457. The van der Waals surface area contributed by atoms with E-state index in [1.54, 1.807) is 24.0 Å². The smallest absolute Gasteiger partial charge is 0.326 e. The zero-order valence-electron chi connectivity index (χ0n) is 10.2. The summed E-state index contributed by atoms with van der Waals surface area (Å²) in [5.41, 5.74) is 0.747. The second kappa shape index (κ2) is 5.07. The fourth-order valence-electron chi connectivity index (χ4n) is 2.09. The summed E-state index contributed by atoms with van der Waals surface area (Å²) in [6.07, 6.45) is 3.04. The second-order valence-electron chi connectivity index (χ2n) is 4.33. The molecule has 7 nitrogen and oxygen atoms in total. The van der Waals surface area contributed by atoms with E-state index in [0.717, 1.165) is 12.1 Å². The van der Waals surface area contributed by atoms with Gasteiger partial charge in [-0.1, -0.05) is 0 Å². The van der Waals surface area contributed by atoms with Crippen molar-refractivity contribution in [2.45, 2.75) is 25.4 Å².